The topological polar surface area (TPSA) is 51.2 Å². The van der Waals surface area contributed by atoms with Crippen molar-refractivity contribution in [1.29, 1.82) is 0 Å². The number of nitrogens with zero attached hydrogens (tertiary/aromatic N) is 1. The van der Waals surface area contributed by atoms with Crippen LogP contribution < -0.4 is 10.1 Å². The molecule has 2 aromatic carbocycles. The molecule has 5 heteroatoms. The predicted octanol–water partition coefficient (Wildman–Crippen LogP) is 4.50. The molecule has 1 atom stereocenters. The summed E-state index contributed by atoms with van der Waals surface area (Å²) in [7, 11) is 0. The van der Waals surface area contributed by atoms with Crippen molar-refractivity contribution in [3.8, 4) is 16.3 Å². The molecular weight excluding hydrogens is 356 g/mol. The van der Waals surface area contributed by atoms with E-state index in [0.29, 0.717) is 18.7 Å². The Morgan fingerprint density at radius 2 is 1.89 bits per heavy atom. The number of rotatable bonds is 8. The lowest BCUT2D eigenvalue weighted by atomic mass is 10.2. The molecule has 1 heterocycles. The van der Waals surface area contributed by atoms with Crippen LogP contribution in [0.25, 0.3) is 10.6 Å². The Bertz CT molecular complexity index is 860. The standard InChI is InChI=1S/C22H24N2O2S/c1-3-17-9-11-20(12-10-17)26-16(2)21(25)23-14-13-19-15-27-22(24-19)18-7-5-4-6-8-18/h4-12,15-16H,3,13-14H2,1-2H3,(H,23,25)/t16-/m0/s1. The second-order valence-electron chi connectivity index (χ2n) is 6.31. The van der Waals surface area contributed by atoms with Crippen molar-refractivity contribution in [3.05, 3.63) is 71.2 Å². The molecule has 0 aliphatic heterocycles. The van der Waals surface area contributed by atoms with Gasteiger partial charge < -0.3 is 10.1 Å². The number of thiazole rings is 1. The minimum Gasteiger partial charge on any atom is -0.481 e. The second-order valence-corrected chi connectivity index (χ2v) is 7.17. The molecule has 4 nitrogen and oxygen atoms in total. The van der Waals surface area contributed by atoms with Crippen LogP contribution in [0.2, 0.25) is 0 Å². The highest BCUT2D eigenvalue weighted by molar-refractivity contribution is 7.13. The van der Waals surface area contributed by atoms with Crippen molar-refractivity contribution < 1.29 is 9.53 Å². The summed E-state index contributed by atoms with van der Waals surface area (Å²) in [6, 6.07) is 18.0. The summed E-state index contributed by atoms with van der Waals surface area (Å²) in [6.45, 7) is 4.41. The molecule has 27 heavy (non-hydrogen) atoms. The lowest BCUT2D eigenvalue weighted by Crippen LogP contribution is -2.37. The van der Waals surface area contributed by atoms with E-state index in [1.807, 2.05) is 47.8 Å². The van der Waals surface area contributed by atoms with Crippen molar-refractivity contribution in [2.75, 3.05) is 6.54 Å². The minimum atomic E-state index is -0.534. The van der Waals surface area contributed by atoms with Crippen molar-refractivity contribution in [2.24, 2.45) is 0 Å². The highest BCUT2D eigenvalue weighted by Crippen LogP contribution is 2.23. The van der Waals surface area contributed by atoms with Crippen LogP contribution in [0.5, 0.6) is 5.75 Å². The van der Waals surface area contributed by atoms with E-state index in [2.05, 4.69) is 29.4 Å². The Morgan fingerprint density at radius 1 is 1.15 bits per heavy atom. The van der Waals surface area contributed by atoms with E-state index in [1.165, 1.54) is 5.56 Å². The Hall–Kier alpha value is -2.66. The van der Waals surface area contributed by atoms with Crippen LogP contribution in [0, 0.1) is 0 Å². The van der Waals surface area contributed by atoms with Crippen LogP contribution in [0.15, 0.2) is 60.0 Å². The van der Waals surface area contributed by atoms with Gasteiger partial charge in [-0.25, -0.2) is 4.98 Å². The van der Waals surface area contributed by atoms with Gasteiger partial charge in [0, 0.05) is 23.9 Å². The average molecular weight is 381 g/mol. The molecule has 0 fully saturated rings. The monoisotopic (exact) mass is 380 g/mol. The number of carbonyl (C=O) groups is 1. The first-order valence-corrected chi connectivity index (χ1v) is 10.1. The van der Waals surface area contributed by atoms with E-state index in [0.717, 1.165) is 22.7 Å². The Morgan fingerprint density at radius 3 is 2.59 bits per heavy atom. The van der Waals surface area contributed by atoms with E-state index in [4.69, 9.17) is 4.74 Å². The number of amides is 1. The highest BCUT2D eigenvalue weighted by Gasteiger charge is 2.14. The number of ether oxygens (including phenoxy) is 1. The third kappa shape index (κ3) is 5.41. The first kappa shape index (κ1) is 19.1. The van der Waals surface area contributed by atoms with E-state index in [1.54, 1.807) is 18.3 Å². The van der Waals surface area contributed by atoms with Gasteiger partial charge in [-0.2, -0.15) is 0 Å². The third-order valence-electron chi connectivity index (χ3n) is 4.27. The summed E-state index contributed by atoms with van der Waals surface area (Å²) < 4.78 is 5.71. The fraction of sp³-hybridized carbons (Fsp3) is 0.273. The first-order valence-electron chi connectivity index (χ1n) is 9.19. The number of aryl methyl sites for hydroxylation is 1. The van der Waals surface area contributed by atoms with Gasteiger partial charge in [0.25, 0.3) is 5.91 Å². The maximum atomic E-state index is 12.2. The molecule has 1 aromatic heterocycles. The molecule has 0 radical (unpaired) electrons. The molecule has 140 valence electrons. The van der Waals surface area contributed by atoms with Gasteiger partial charge in [-0.15, -0.1) is 11.3 Å². The zero-order valence-electron chi connectivity index (χ0n) is 15.6. The van der Waals surface area contributed by atoms with Crippen LogP contribution >= 0.6 is 11.3 Å². The van der Waals surface area contributed by atoms with Crippen LogP contribution in [-0.4, -0.2) is 23.5 Å². The highest BCUT2D eigenvalue weighted by atomic mass is 32.1. The number of hydrogen-bond acceptors (Lipinski definition) is 4. The molecule has 3 aromatic rings. The summed E-state index contributed by atoms with van der Waals surface area (Å²) in [6.07, 6.45) is 1.15. The van der Waals surface area contributed by atoms with Crippen LogP contribution in [0.4, 0.5) is 0 Å². The Balaban J connectivity index is 1.45. The molecule has 1 amide bonds. The second kappa shape index (κ2) is 9.33. The molecule has 0 spiro atoms. The van der Waals surface area contributed by atoms with Crippen molar-refractivity contribution in [3.63, 3.8) is 0 Å². The van der Waals surface area contributed by atoms with Gasteiger partial charge in [-0.3, -0.25) is 4.79 Å². The van der Waals surface area contributed by atoms with Gasteiger partial charge in [0.05, 0.1) is 5.69 Å². The fourth-order valence-corrected chi connectivity index (χ4v) is 3.51. The van der Waals surface area contributed by atoms with Gasteiger partial charge in [0.2, 0.25) is 0 Å². The minimum absolute atomic E-state index is 0.118. The SMILES string of the molecule is CCc1ccc(O[C@@H](C)C(=O)NCCc2csc(-c3ccccc3)n2)cc1. The number of benzene rings is 2. The van der Waals surface area contributed by atoms with Gasteiger partial charge in [-0.05, 0) is 31.0 Å². The smallest absolute Gasteiger partial charge is 0.260 e. The third-order valence-corrected chi connectivity index (χ3v) is 5.21. The number of nitrogens with one attached hydrogen (secondary N) is 1. The summed E-state index contributed by atoms with van der Waals surface area (Å²) in [5, 5.41) is 5.97. The maximum Gasteiger partial charge on any atom is 0.260 e. The zero-order chi connectivity index (χ0) is 19.1. The molecule has 3 rings (SSSR count). The number of carbonyl (C=O) groups excluding carboxylic acids is 1. The molecule has 0 unspecified atom stereocenters. The van der Waals surface area contributed by atoms with E-state index in [-0.39, 0.29) is 5.91 Å². The normalized spacial score (nSPS) is 11.8. The van der Waals surface area contributed by atoms with Gasteiger partial charge in [0.15, 0.2) is 6.10 Å². The number of hydrogen-bond donors (Lipinski definition) is 1. The molecule has 0 aliphatic rings. The predicted molar refractivity (Wildman–Crippen MR) is 110 cm³/mol. The largest absolute Gasteiger partial charge is 0.481 e. The summed E-state index contributed by atoms with van der Waals surface area (Å²) in [4.78, 5) is 16.9. The van der Waals surface area contributed by atoms with E-state index >= 15 is 0 Å². The fourth-order valence-electron chi connectivity index (χ4n) is 2.65. The van der Waals surface area contributed by atoms with Gasteiger partial charge in [0.1, 0.15) is 10.8 Å². The van der Waals surface area contributed by atoms with Crippen LogP contribution in [-0.2, 0) is 17.6 Å². The summed E-state index contributed by atoms with van der Waals surface area (Å²) in [5.74, 6) is 0.593. The Kier molecular flexibility index (Phi) is 6.60. The molecule has 0 bridgehead atoms. The average Bonchev–Trinajstić information content (AvgIpc) is 3.18. The van der Waals surface area contributed by atoms with Crippen LogP contribution in [0.1, 0.15) is 25.1 Å². The molecule has 1 N–H and O–H groups in total. The lowest BCUT2D eigenvalue weighted by Gasteiger charge is -2.14. The van der Waals surface area contributed by atoms with Crippen molar-refractivity contribution >= 4 is 17.2 Å². The quantitative estimate of drug-likeness (QED) is 0.626. The molecule has 0 aliphatic carbocycles. The molecule has 0 saturated heterocycles. The number of aromatic nitrogens is 1. The van der Waals surface area contributed by atoms with E-state index < -0.39 is 6.10 Å². The van der Waals surface area contributed by atoms with Crippen molar-refractivity contribution in [1.82, 2.24) is 10.3 Å². The van der Waals surface area contributed by atoms with Crippen LogP contribution in [0.3, 0.4) is 0 Å². The van der Waals surface area contributed by atoms with E-state index in [9.17, 15) is 4.79 Å². The first-order chi connectivity index (χ1) is 13.2. The Labute approximate surface area is 164 Å². The van der Waals surface area contributed by atoms with Crippen molar-refractivity contribution in [2.45, 2.75) is 32.8 Å². The summed E-state index contributed by atoms with van der Waals surface area (Å²) >= 11 is 1.62. The summed E-state index contributed by atoms with van der Waals surface area (Å²) in [5.41, 5.74) is 3.36. The zero-order valence-corrected chi connectivity index (χ0v) is 16.5. The maximum absolute atomic E-state index is 12.2. The lowest BCUT2D eigenvalue weighted by molar-refractivity contribution is -0.127. The van der Waals surface area contributed by atoms with Gasteiger partial charge >= 0.3 is 0 Å². The molecular formula is C22H24N2O2S. The van der Waals surface area contributed by atoms with Gasteiger partial charge in [-0.1, -0.05) is 49.4 Å². The molecule has 0 saturated carbocycles.